The molecule has 0 aromatic heterocycles. The summed E-state index contributed by atoms with van der Waals surface area (Å²) in [6, 6.07) is 15.7. The molecule has 3 heteroatoms. The van der Waals surface area contributed by atoms with Gasteiger partial charge in [-0.05, 0) is 43.3 Å². The van der Waals surface area contributed by atoms with Crippen LogP contribution in [0.15, 0.2) is 48.5 Å². The van der Waals surface area contributed by atoms with Crippen LogP contribution >= 0.6 is 0 Å². The highest BCUT2D eigenvalue weighted by Crippen LogP contribution is 2.24. The standard InChI is InChI=1S/C18H21NO2/c1-14-2-4-15(5-3-14)19-12-10-18(11-13-19)21-17-8-6-16(20)7-9-17/h2-9,18,20H,10-13H2,1H3. The van der Waals surface area contributed by atoms with E-state index in [0.717, 1.165) is 31.7 Å². The number of phenols is 1. The van der Waals surface area contributed by atoms with Crippen LogP contribution in [-0.4, -0.2) is 24.3 Å². The van der Waals surface area contributed by atoms with Gasteiger partial charge >= 0.3 is 0 Å². The maximum absolute atomic E-state index is 9.28. The summed E-state index contributed by atoms with van der Waals surface area (Å²) in [7, 11) is 0. The van der Waals surface area contributed by atoms with Crippen molar-refractivity contribution < 1.29 is 9.84 Å². The van der Waals surface area contributed by atoms with E-state index in [4.69, 9.17) is 4.74 Å². The first-order valence-electron chi connectivity index (χ1n) is 7.48. The summed E-state index contributed by atoms with van der Waals surface area (Å²) in [5.41, 5.74) is 2.59. The van der Waals surface area contributed by atoms with Gasteiger partial charge in [-0.15, -0.1) is 0 Å². The average molecular weight is 283 g/mol. The number of rotatable bonds is 3. The Labute approximate surface area is 125 Å². The van der Waals surface area contributed by atoms with Crippen LogP contribution in [0.25, 0.3) is 0 Å². The Kier molecular flexibility index (Phi) is 4.00. The van der Waals surface area contributed by atoms with E-state index in [2.05, 4.69) is 36.1 Å². The third-order valence-corrected chi connectivity index (χ3v) is 3.98. The average Bonchev–Trinajstić information content (AvgIpc) is 2.51. The minimum atomic E-state index is 0.260. The van der Waals surface area contributed by atoms with E-state index in [1.165, 1.54) is 11.3 Å². The summed E-state index contributed by atoms with van der Waals surface area (Å²) in [6.07, 6.45) is 2.31. The van der Waals surface area contributed by atoms with Crippen molar-refractivity contribution in [2.75, 3.05) is 18.0 Å². The molecule has 0 radical (unpaired) electrons. The van der Waals surface area contributed by atoms with E-state index in [1.807, 2.05) is 12.1 Å². The van der Waals surface area contributed by atoms with Crippen LogP contribution < -0.4 is 9.64 Å². The molecule has 0 unspecified atom stereocenters. The highest BCUT2D eigenvalue weighted by atomic mass is 16.5. The second kappa shape index (κ2) is 6.08. The molecule has 3 nitrogen and oxygen atoms in total. The molecule has 0 saturated carbocycles. The summed E-state index contributed by atoms with van der Waals surface area (Å²) in [4.78, 5) is 2.41. The van der Waals surface area contributed by atoms with Crippen molar-refractivity contribution in [2.24, 2.45) is 0 Å². The predicted molar refractivity (Wildman–Crippen MR) is 85.1 cm³/mol. The largest absolute Gasteiger partial charge is 0.508 e. The van der Waals surface area contributed by atoms with Gasteiger partial charge in [0.15, 0.2) is 0 Å². The van der Waals surface area contributed by atoms with Gasteiger partial charge in [-0.1, -0.05) is 17.7 Å². The number of hydrogen-bond donors (Lipinski definition) is 1. The number of aryl methyl sites for hydroxylation is 1. The summed E-state index contributed by atoms with van der Waals surface area (Å²) in [5.74, 6) is 1.11. The fourth-order valence-electron chi connectivity index (χ4n) is 2.70. The lowest BCUT2D eigenvalue weighted by molar-refractivity contribution is 0.171. The quantitative estimate of drug-likeness (QED) is 0.931. The number of ether oxygens (including phenoxy) is 1. The van der Waals surface area contributed by atoms with E-state index in [-0.39, 0.29) is 11.9 Å². The third-order valence-electron chi connectivity index (χ3n) is 3.98. The molecule has 2 aromatic rings. The Morgan fingerprint density at radius 1 is 0.952 bits per heavy atom. The van der Waals surface area contributed by atoms with Crippen LogP contribution in [-0.2, 0) is 0 Å². The Morgan fingerprint density at radius 3 is 2.19 bits per heavy atom. The van der Waals surface area contributed by atoms with E-state index < -0.39 is 0 Å². The molecule has 2 aromatic carbocycles. The molecule has 1 N–H and O–H groups in total. The maximum atomic E-state index is 9.28. The predicted octanol–water partition coefficient (Wildman–Crippen LogP) is 3.75. The molecule has 0 atom stereocenters. The monoisotopic (exact) mass is 283 g/mol. The van der Waals surface area contributed by atoms with Crippen molar-refractivity contribution in [3.8, 4) is 11.5 Å². The molecule has 1 aliphatic heterocycles. The summed E-state index contributed by atoms with van der Waals surface area (Å²) in [6.45, 7) is 4.15. The number of aromatic hydroxyl groups is 1. The minimum absolute atomic E-state index is 0.260. The normalized spacial score (nSPS) is 16.0. The van der Waals surface area contributed by atoms with Crippen LogP contribution in [0.5, 0.6) is 11.5 Å². The Bertz CT molecular complexity index is 569. The second-order valence-electron chi connectivity index (χ2n) is 5.63. The second-order valence-corrected chi connectivity index (χ2v) is 5.63. The Morgan fingerprint density at radius 2 is 1.57 bits per heavy atom. The van der Waals surface area contributed by atoms with Crippen molar-refractivity contribution in [1.29, 1.82) is 0 Å². The molecule has 1 fully saturated rings. The highest BCUT2D eigenvalue weighted by Gasteiger charge is 2.20. The van der Waals surface area contributed by atoms with Gasteiger partial charge in [0.2, 0.25) is 0 Å². The Balaban J connectivity index is 1.55. The van der Waals surface area contributed by atoms with Crippen molar-refractivity contribution in [3.63, 3.8) is 0 Å². The zero-order valence-electron chi connectivity index (χ0n) is 12.3. The van der Waals surface area contributed by atoms with E-state index in [1.54, 1.807) is 12.1 Å². The van der Waals surface area contributed by atoms with Crippen molar-refractivity contribution in [1.82, 2.24) is 0 Å². The summed E-state index contributed by atoms with van der Waals surface area (Å²) >= 11 is 0. The summed E-state index contributed by atoms with van der Waals surface area (Å²) < 4.78 is 5.98. The van der Waals surface area contributed by atoms with Crippen molar-refractivity contribution in [3.05, 3.63) is 54.1 Å². The van der Waals surface area contributed by atoms with E-state index in [9.17, 15) is 5.11 Å². The molecule has 1 heterocycles. The van der Waals surface area contributed by atoms with Gasteiger partial charge in [0.1, 0.15) is 17.6 Å². The first kappa shape index (κ1) is 13.8. The van der Waals surface area contributed by atoms with E-state index in [0.29, 0.717) is 0 Å². The fourth-order valence-corrected chi connectivity index (χ4v) is 2.70. The van der Waals surface area contributed by atoms with Crippen LogP contribution in [0.4, 0.5) is 5.69 Å². The molecule has 110 valence electrons. The summed E-state index contributed by atoms with van der Waals surface area (Å²) in [5, 5.41) is 9.28. The van der Waals surface area contributed by atoms with Gasteiger partial charge in [-0.3, -0.25) is 0 Å². The molecule has 1 aliphatic rings. The van der Waals surface area contributed by atoms with Gasteiger partial charge in [-0.2, -0.15) is 0 Å². The zero-order chi connectivity index (χ0) is 14.7. The number of anilines is 1. The molecule has 1 saturated heterocycles. The lowest BCUT2D eigenvalue weighted by Gasteiger charge is -2.33. The first-order valence-corrected chi connectivity index (χ1v) is 7.48. The van der Waals surface area contributed by atoms with Gasteiger partial charge in [0.05, 0.1) is 0 Å². The lowest BCUT2D eigenvalue weighted by atomic mass is 10.1. The van der Waals surface area contributed by atoms with Gasteiger partial charge < -0.3 is 14.7 Å². The Hall–Kier alpha value is -2.16. The number of benzene rings is 2. The molecule has 3 rings (SSSR count). The SMILES string of the molecule is Cc1ccc(N2CCC(Oc3ccc(O)cc3)CC2)cc1. The topological polar surface area (TPSA) is 32.7 Å². The van der Waals surface area contributed by atoms with Gasteiger partial charge in [-0.25, -0.2) is 0 Å². The van der Waals surface area contributed by atoms with Crippen molar-refractivity contribution in [2.45, 2.75) is 25.9 Å². The molecule has 0 bridgehead atoms. The first-order chi connectivity index (χ1) is 10.2. The fraction of sp³-hybridized carbons (Fsp3) is 0.333. The number of nitrogens with zero attached hydrogens (tertiary/aromatic N) is 1. The van der Waals surface area contributed by atoms with E-state index >= 15 is 0 Å². The van der Waals surface area contributed by atoms with Crippen LogP contribution in [0.3, 0.4) is 0 Å². The van der Waals surface area contributed by atoms with Gasteiger partial charge in [0.25, 0.3) is 0 Å². The third kappa shape index (κ3) is 3.48. The van der Waals surface area contributed by atoms with Crippen LogP contribution in [0, 0.1) is 6.92 Å². The molecule has 21 heavy (non-hydrogen) atoms. The molecular formula is C18H21NO2. The molecular weight excluding hydrogens is 262 g/mol. The van der Waals surface area contributed by atoms with Crippen LogP contribution in [0.1, 0.15) is 18.4 Å². The molecule has 0 amide bonds. The highest BCUT2D eigenvalue weighted by molar-refractivity contribution is 5.47. The smallest absolute Gasteiger partial charge is 0.119 e. The van der Waals surface area contributed by atoms with Crippen molar-refractivity contribution >= 4 is 5.69 Å². The number of hydrogen-bond acceptors (Lipinski definition) is 3. The molecule has 0 aliphatic carbocycles. The van der Waals surface area contributed by atoms with Gasteiger partial charge in [0, 0.05) is 31.6 Å². The molecule has 0 spiro atoms. The lowest BCUT2D eigenvalue weighted by Crippen LogP contribution is -2.38. The minimum Gasteiger partial charge on any atom is -0.508 e. The number of piperidine rings is 1. The maximum Gasteiger partial charge on any atom is 0.119 e. The number of phenolic OH excluding ortho intramolecular Hbond substituents is 1. The van der Waals surface area contributed by atoms with Crippen LogP contribution in [0.2, 0.25) is 0 Å². The zero-order valence-corrected chi connectivity index (χ0v) is 12.3.